The molecule has 4 heteroatoms. The lowest BCUT2D eigenvalue weighted by molar-refractivity contribution is -0.133. The van der Waals surface area contributed by atoms with Crippen molar-refractivity contribution >= 4 is 5.91 Å². The lowest BCUT2D eigenvalue weighted by atomic mass is 9.78. The molecule has 2 atom stereocenters. The van der Waals surface area contributed by atoms with Crippen LogP contribution in [0.5, 0.6) is 0 Å². The highest BCUT2D eigenvalue weighted by molar-refractivity contribution is 5.87. The van der Waals surface area contributed by atoms with Crippen LogP contribution in [0.4, 0.5) is 0 Å². The highest BCUT2D eigenvalue weighted by Gasteiger charge is 2.43. The van der Waals surface area contributed by atoms with Crippen molar-refractivity contribution in [3.05, 3.63) is 0 Å². The lowest BCUT2D eigenvalue weighted by Gasteiger charge is -2.42. The van der Waals surface area contributed by atoms with E-state index in [1.54, 1.807) is 7.11 Å². The number of ether oxygens (including phenoxy) is 1. The van der Waals surface area contributed by atoms with Crippen LogP contribution in [0, 0.1) is 0 Å². The normalized spacial score (nSPS) is 38.4. The summed E-state index contributed by atoms with van der Waals surface area (Å²) in [7, 11) is 1.73. The van der Waals surface area contributed by atoms with E-state index in [1.807, 2.05) is 0 Å². The van der Waals surface area contributed by atoms with Crippen molar-refractivity contribution in [2.24, 2.45) is 0 Å². The van der Waals surface area contributed by atoms with E-state index in [-0.39, 0.29) is 17.6 Å². The number of hydrogen-bond acceptors (Lipinski definition) is 3. The molecule has 0 aromatic heterocycles. The summed E-state index contributed by atoms with van der Waals surface area (Å²) >= 11 is 0. The van der Waals surface area contributed by atoms with Gasteiger partial charge in [-0.05, 0) is 19.3 Å². The first-order valence-electron chi connectivity index (χ1n) is 5.33. The second-order valence-corrected chi connectivity index (χ2v) is 4.22. The van der Waals surface area contributed by atoms with Crippen molar-refractivity contribution in [2.45, 2.75) is 37.3 Å². The van der Waals surface area contributed by atoms with Gasteiger partial charge in [0, 0.05) is 26.6 Å². The third-order valence-electron chi connectivity index (χ3n) is 3.35. The van der Waals surface area contributed by atoms with E-state index < -0.39 is 0 Å². The summed E-state index contributed by atoms with van der Waals surface area (Å²) in [4.78, 5) is 11.8. The van der Waals surface area contributed by atoms with Gasteiger partial charge in [0.25, 0.3) is 0 Å². The smallest absolute Gasteiger partial charge is 0.240 e. The standard InChI is InChI=1S/C10H18N2O2/c1-14-8-3-2-4-10(7-8)9(13)11-5-6-12-10/h8,12H,2-7H2,1H3,(H,11,13). The molecule has 1 saturated heterocycles. The van der Waals surface area contributed by atoms with Crippen molar-refractivity contribution in [3.63, 3.8) is 0 Å². The van der Waals surface area contributed by atoms with Gasteiger partial charge in [0.1, 0.15) is 5.54 Å². The van der Waals surface area contributed by atoms with Gasteiger partial charge in [-0.25, -0.2) is 0 Å². The number of methoxy groups -OCH3 is 1. The highest BCUT2D eigenvalue weighted by Crippen LogP contribution is 2.30. The van der Waals surface area contributed by atoms with Crippen LogP contribution in [0.15, 0.2) is 0 Å². The summed E-state index contributed by atoms with van der Waals surface area (Å²) < 4.78 is 5.35. The molecule has 2 rings (SSSR count). The van der Waals surface area contributed by atoms with Crippen LogP contribution in [0.2, 0.25) is 0 Å². The number of nitrogens with one attached hydrogen (secondary N) is 2. The Kier molecular flexibility index (Phi) is 2.74. The molecule has 2 fully saturated rings. The molecular weight excluding hydrogens is 180 g/mol. The fourth-order valence-corrected chi connectivity index (χ4v) is 2.52. The Balaban J connectivity index is 2.08. The predicted octanol–water partition coefficient (Wildman–Crippen LogP) is 0.0336. The highest BCUT2D eigenvalue weighted by atomic mass is 16.5. The maximum Gasteiger partial charge on any atom is 0.240 e. The molecule has 0 aromatic carbocycles. The first kappa shape index (κ1) is 9.93. The zero-order valence-corrected chi connectivity index (χ0v) is 8.64. The molecule has 1 spiro atoms. The summed E-state index contributed by atoms with van der Waals surface area (Å²) in [6.45, 7) is 1.63. The van der Waals surface area contributed by atoms with E-state index in [2.05, 4.69) is 10.6 Å². The maximum absolute atomic E-state index is 11.8. The number of carbonyl (C=O) groups excluding carboxylic acids is 1. The van der Waals surface area contributed by atoms with Gasteiger partial charge in [0.2, 0.25) is 5.91 Å². The molecule has 80 valence electrons. The predicted molar refractivity (Wildman–Crippen MR) is 53.0 cm³/mol. The Hall–Kier alpha value is -0.610. The first-order chi connectivity index (χ1) is 6.77. The van der Waals surface area contributed by atoms with Crippen molar-refractivity contribution in [3.8, 4) is 0 Å². The van der Waals surface area contributed by atoms with Gasteiger partial charge in [-0.15, -0.1) is 0 Å². The molecule has 0 bridgehead atoms. The molecule has 1 aliphatic carbocycles. The fourth-order valence-electron chi connectivity index (χ4n) is 2.52. The van der Waals surface area contributed by atoms with Gasteiger partial charge in [-0.2, -0.15) is 0 Å². The van der Waals surface area contributed by atoms with E-state index in [1.165, 1.54) is 0 Å². The van der Waals surface area contributed by atoms with Crippen molar-refractivity contribution < 1.29 is 9.53 Å². The third-order valence-corrected chi connectivity index (χ3v) is 3.35. The van der Waals surface area contributed by atoms with Crippen LogP contribution in [0.25, 0.3) is 0 Å². The van der Waals surface area contributed by atoms with Crippen LogP contribution >= 0.6 is 0 Å². The van der Waals surface area contributed by atoms with Gasteiger partial charge in [-0.1, -0.05) is 0 Å². The first-order valence-corrected chi connectivity index (χ1v) is 5.33. The van der Waals surface area contributed by atoms with E-state index in [0.29, 0.717) is 0 Å². The monoisotopic (exact) mass is 198 g/mol. The average molecular weight is 198 g/mol. The number of hydrogen-bond donors (Lipinski definition) is 2. The van der Waals surface area contributed by atoms with Gasteiger partial charge in [0.05, 0.1) is 6.10 Å². The second-order valence-electron chi connectivity index (χ2n) is 4.22. The summed E-state index contributed by atoms with van der Waals surface area (Å²) in [5.41, 5.74) is -0.336. The molecule has 0 radical (unpaired) electrons. The van der Waals surface area contributed by atoms with Crippen molar-refractivity contribution in [2.75, 3.05) is 20.2 Å². The van der Waals surface area contributed by atoms with Crippen LogP contribution in [-0.4, -0.2) is 37.7 Å². The van der Waals surface area contributed by atoms with E-state index in [4.69, 9.17) is 4.74 Å². The van der Waals surface area contributed by atoms with Crippen LogP contribution in [0.3, 0.4) is 0 Å². The maximum atomic E-state index is 11.8. The zero-order valence-electron chi connectivity index (χ0n) is 8.64. The minimum absolute atomic E-state index is 0.158. The van der Waals surface area contributed by atoms with Crippen LogP contribution < -0.4 is 10.6 Å². The quantitative estimate of drug-likeness (QED) is 0.625. The third kappa shape index (κ3) is 1.64. The van der Waals surface area contributed by atoms with Gasteiger partial charge >= 0.3 is 0 Å². The number of piperazine rings is 1. The van der Waals surface area contributed by atoms with Gasteiger partial charge in [0.15, 0.2) is 0 Å². The number of carbonyl (C=O) groups is 1. The summed E-state index contributed by atoms with van der Waals surface area (Å²) in [6, 6.07) is 0. The Morgan fingerprint density at radius 2 is 2.36 bits per heavy atom. The SMILES string of the molecule is COC1CCCC2(C1)NCCNC2=O. The number of rotatable bonds is 1. The fraction of sp³-hybridized carbons (Fsp3) is 0.900. The largest absolute Gasteiger partial charge is 0.381 e. The molecule has 2 unspecified atom stereocenters. The molecule has 1 saturated carbocycles. The molecule has 1 heterocycles. The van der Waals surface area contributed by atoms with Crippen LogP contribution in [0.1, 0.15) is 25.7 Å². The van der Waals surface area contributed by atoms with Crippen LogP contribution in [-0.2, 0) is 9.53 Å². The molecular formula is C10H18N2O2. The molecule has 1 amide bonds. The lowest BCUT2D eigenvalue weighted by Crippen LogP contribution is -2.65. The summed E-state index contributed by atoms with van der Waals surface area (Å²) in [6.07, 6.45) is 4.14. The molecule has 2 N–H and O–H groups in total. The molecule has 14 heavy (non-hydrogen) atoms. The van der Waals surface area contributed by atoms with Crippen molar-refractivity contribution in [1.29, 1.82) is 0 Å². The Labute approximate surface area is 84.4 Å². The zero-order chi connectivity index (χ0) is 10.0. The van der Waals surface area contributed by atoms with E-state index >= 15 is 0 Å². The second kappa shape index (κ2) is 3.87. The van der Waals surface area contributed by atoms with Crippen molar-refractivity contribution in [1.82, 2.24) is 10.6 Å². The van der Waals surface area contributed by atoms with E-state index in [9.17, 15) is 4.79 Å². The Morgan fingerprint density at radius 1 is 1.50 bits per heavy atom. The molecule has 2 aliphatic rings. The molecule has 1 aliphatic heterocycles. The summed E-state index contributed by atoms with van der Waals surface area (Å²) in [5, 5.41) is 6.29. The van der Waals surface area contributed by atoms with Gasteiger partial charge < -0.3 is 15.4 Å². The Bertz CT molecular complexity index is 228. The average Bonchev–Trinajstić information content (AvgIpc) is 2.23. The minimum atomic E-state index is -0.336. The van der Waals surface area contributed by atoms with E-state index in [0.717, 1.165) is 38.8 Å². The molecule has 0 aromatic rings. The summed E-state index contributed by atoms with van der Waals surface area (Å²) in [5.74, 6) is 0.158. The Morgan fingerprint density at radius 3 is 3.07 bits per heavy atom. The molecule has 4 nitrogen and oxygen atoms in total. The number of amides is 1. The topological polar surface area (TPSA) is 50.4 Å². The minimum Gasteiger partial charge on any atom is -0.381 e. The van der Waals surface area contributed by atoms with Gasteiger partial charge in [-0.3, -0.25) is 4.79 Å².